The second-order valence-electron chi connectivity index (χ2n) is 7.71. The molecule has 0 heterocycles. The molecule has 0 fully saturated rings. The van der Waals surface area contributed by atoms with Gasteiger partial charge in [0.1, 0.15) is 12.2 Å². The van der Waals surface area contributed by atoms with Crippen molar-refractivity contribution in [3.63, 3.8) is 0 Å². The molecule has 1 atom stereocenters. The number of benzene rings is 1. The number of esters is 2. The summed E-state index contributed by atoms with van der Waals surface area (Å²) < 4.78 is 15.4. The van der Waals surface area contributed by atoms with Crippen LogP contribution in [0.2, 0.25) is 0 Å². The van der Waals surface area contributed by atoms with Gasteiger partial charge in [-0.2, -0.15) is 0 Å². The molecule has 0 aromatic heterocycles. The highest BCUT2D eigenvalue weighted by atomic mass is 16.6. The summed E-state index contributed by atoms with van der Waals surface area (Å²) in [7, 11) is 2.74. The molecule has 7 nitrogen and oxygen atoms in total. The third-order valence-electron chi connectivity index (χ3n) is 3.74. The van der Waals surface area contributed by atoms with E-state index in [1.54, 1.807) is 27.7 Å². The molecule has 0 bridgehead atoms. The highest BCUT2D eigenvalue weighted by Gasteiger charge is 2.40. The normalized spacial score (nSPS) is 13.3. The number of rotatable bonds is 7. The Kier molecular flexibility index (Phi) is 7.82. The van der Waals surface area contributed by atoms with Crippen molar-refractivity contribution in [3.05, 3.63) is 35.9 Å². The molecule has 7 heteroatoms. The maximum absolute atomic E-state index is 12.3. The lowest BCUT2D eigenvalue weighted by Crippen LogP contribution is -2.45. The zero-order valence-electron chi connectivity index (χ0n) is 16.9. The van der Waals surface area contributed by atoms with Gasteiger partial charge in [-0.25, -0.2) is 4.79 Å². The average Bonchev–Trinajstić information content (AvgIpc) is 2.57. The van der Waals surface area contributed by atoms with Crippen molar-refractivity contribution in [2.75, 3.05) is 20.7 Å². The summed E-state index contributed by atoms with van der Waals surface area (Å²) in [6, 6.07) is 9.25. The van der Waals surface area contributed by atoms with Gasteiger partial charge in [-0.15, -0.1) is 0 Å². The van der Waals surface area contributed by atoms with E-state index in [-0.39, 0.29) is 19.6 Å². The van der Waals surface area contributed by atoms with E-state index < -0.39 is 29.0 Å². The Bertz CT molecular complexity index is 652. The fraction of sp³-hybridized carbons (Fsp3) is 0.550. The van der Waals surface area contributed by atoms with Gasteiger partial charge in [0.15, 0.2) is 0 Å². The van der Waals surface area contributed by atoms with E-state index in [1.807, 2.05) is 30.3 Å². The number of amides is 1. The number of hydrogen-bond donors (Lipinski definition) is 0. The lowest BCUT2D eigenvalue weighted by atomic mass is 9.86. The van der Waals surface area contributed by atoms with E-state index in [0.29, 0.717) is 0 Å². The highest BCUT2D eigenvalue weighted by molar-refractivity contribution is 5.84. The van der Waals surface area contributed by atoms with Crippen molar-refractivity contribution in [2.45, 2.75) is 46.3 Å². The molecule has 1 aromatic rings. The van der Waals surface area contributed by atoms with Crippen molar-refractivity contribution in [3.8, 4) is 0 Å². The molecule has 1 amide bonds. The van der Waals surface area contributed by atoms with Crippen molar-refractivity contribution in [2.24, 2.45) is 5.41 Å². The Morgan fingerprint density at radius 2 is 1.63 bits per heavy atom. The Hall–Kier alpha value is -2.57. The molecule has 0 saturated carbocycles. The quantitative estimate of drug-likeness (QED) is 0.535. The molecule has 1 rings (SSSR count). The molecular weight excluding hydrogens is 350 g/mol. The third kappa shape index (κ3) is 7.68. The van der Waals surface area contributed by atoms with Crippen LogP contribution in [0.25, 0.3) is 0 Å². The molecule has 1 unspecified atom stereocenters. The molecule has 0 N–H and O–H groups in total. The molecular formula is C20H29NO6. The monoisotopic (exact) mass is 379 g/mol. The molecule has 150 valence electrons. The number of nitrogens with zero attached hydrogens (tertiary/aromatic N) is 1. The maximum Gasteiger partial charge on any atom is 0.409 e. The summed E-state index contributed by atoms with van der Waals surface area (Å²) in [4.78, 5) is 38.0. The highest BCUT2D eigenvalue weighted by Crippen LogP contribution is 2.27. The Labute approximate surface area is 160 Å². The summed E-state index contributed by atoms with van der Waals surface area (Å²) in [5, 5.41) is 0. The Morgan fingerprint density at radius 1 is 1.04 bits per heavy atom. The van der Waals surface area contributed by atoms with Crippen molar-refractivity contribution in [1.29, 1.82) is 0 Å². The van der Waals surface area contributed by atoms with Crippen LogP contribution in [-0.4, -0.2) is 49.2 Å². The fourth-order valence-corrected chi connectivity index (χ4v) is 2.55. The summed E-state index contributed by atoms with van der Waals surface area (Å²) in [6.07, 6.45) is -0.814. The standard InChI is InChI=1S/C20H29NO6/c1-19(2,3)27-16(22)12-20(4,17(23)25-6)14-21(5)18(24)26-13-15-10-8-7-9-11-15/h7-11H,12-14H2,1-6H3. The van der Waals surface area contributed by atoms with Crippen LogP contribution in [0, 0.1) is 5.41 Å². The van der Waals surface area contributed by atoms with Gasteiger partial charge in [-0.3, -0.25) is 9.59 Å². The second-order valence-corrected chi connectivity index (χ2v) is 7.71. The van der Waals surface area contributed by atoms with E-state index in [9.17, 15) is 14.4 Å². The van der Waals surface area contributed by atoms with Crippen LogP contribution in [0.3, 0.4) is 0 Å². The number of methoxy groups -OCH3 is 1. The zero-order chi connectivity index (χ0) is 20.7. The topological polar surface area (TPSA) is 82.1 Å². The molecule has 0 aliphatic carbocycles. The molecule has 0 aliphatic heterocycles. The Balaban J connectivity index is 2.74. The van der Waals surface area contributed by atoms with E-state index in [1.165, 1.54) is 19.1 Å². The molecule has 0 saturated heterocycles. The summed E-state index contributed by atoms with van der Waals surface area (Å²) >= 11 is 0. The van der Waals surface area contributed by atoms with Crippen LogP contribution in [-0.2, 0) is 30.4 Å². The average molecular weight is 379 g/mol. The number of carbonyl (C=O) groups is 3. The van der Waals surface area contributed by atoms with Gasteiger partial charge in [0.25, 0.3) is 0 Å². The van der Waals surface area contributed by atoms with Crippen LogP contribution in [0.1, 0.15) is 39.7 Å². The van der Waals surface area contributed by atoms with Crippen molar-refractivity contribution < 1.29 is 28.6 Å². The summed E-state index contributed by atoms with van der Waals surface area (Å²) in [6.45, 7) is 6.86. The van der Waals surface area contributed by atoms with E-state index in [0.717, 1.165) is 5.56 Å². The zero-order valence-corrected chi connectivity index (χ0v) is 16.9. The summed E-state index contributed by atoms with van der Waals surface area (Å²) in [5.41, 5.74) is -1.07. The lowest BCUT2D eigenvalue weighted by Gasteiger charge is -2.31. The van der Waals surface area contributed by atoms with Crippen LogP contribution < -0.4 is 0 Å². The first-order valence-electron chi connectivity index (χ1n) is 8.69. The number of ether oxygens (including phenoxy) is 3. The van der Waals surface area contributed by atoms with Crippen LogP contribution >= 0.6 is 0 Å². The van der Waals surface area contributed by atoms with Gasteiger partial charge >= 0.3 is 18.0 Å². The molecule has 27 heavy (non-hydrogen) atoms. The number of hydrogen-bond acceptors (Lipinski definition) is 6. The Morgan fingerprint density at radius 3 is 2.15 bits per heavy atom. The predicted molar refractivity (Wildman–Crippen MR) is 99.8 cm³/mol. The van der Waals surface area contributed by atoms with Gasteiger partial charge in [-0.05, 0) is 33.3 Å². The van der Waals surface area contributed by atoms with Gasteiger partial charge in [0, 0.05) is 13.6 Å². The minimum absolute atomic E-state index is 0.0491. The maximum atomic E-state index is 12.3. The minimum Gasteiger partial charge on any atom is -0.469 e. The minimum atomic E-state index is -1.25. The van der Waals surface area contributed by atoms with Crippen LogP contribution in [0.5, 0.6) is 0 Å². The van der Waals surface area contributed by atoms with Gasteiger partial charge in [-0.1, -0.05) is 30.3 Å². The molecule has 0 spiro atoms. The first kappa shape index (κ1) is 22.5. The fourth-order valence-electron chi connectivity index (χ4n) is 2.55. The molecule has 0 aliphatic rings. The van der Waals surface area contributed by atoms with Crippen LogP contribution in [0.4, 0.5) is 4.79 Å². The second kappa shape index (κ2) is 9.39. The van der Waals surface area contributed by atoms with E-state index in [2.05, 4.69) is 0 Å². The van der Waals surface area contributed by atoms with Crippen molar-refractivity contribution in [1.82, 2.24) is 4.90 Å². The smallest absolute Gasteiger partial charge is 0.409 e. The molecule has 1 aromatic carbocycles. The largest absolute Gasteiger partial charge is 0.469 e. The van der Waals surface area contributed by atoms with Gasteiger partial charge in [0.2, 0.25) is 0 Å². The number of carbonyl (C=O) groups excluding carboxylic acids is 3. The lowest BCUT2D eigenvalue weighted by molar-refractivity contribution is -0.166. The summed E-state index contributed by atoms with van der Waals surface area (Å²) in [5.74, 6) is -1.14. The molecule has 0 radical (unpaired) electrons. The third-order valence-corrected chi connectivity index (χ3v) is 3.74. The first-order valence-corrected chi connectivity index (χ1v) is 8.69. The van der Waals surface area contributed by atoms with Gasteiger partial charge in [0.05, 0.1) is 18.9 Å². The first-order chi connectivity index (χ1) is 12.5. The van der Waals surface area contributed by atoms with E-state index in [4.69, 9.17) is 14.2 Å². The SMILES string of the molecule is COC(=O)C(C)(CC(=O)OC(C)(C)C)CN(C)C(=O)OCc1ccccc1. The predicted octanol–water partition coefficient (Wildman–Crippen LogP) is 3.17. The van der Waals surface area contributed by atoms with Gasteiger partial charge < -0.3 is 19.1 Å². The van der Waals surface area contributed by atoms with Crippen molar-refractivity contribution >= 4 is 18.0 Å². The van der Waals surface area contributed by atoms with E-state index >= 15 is 0 Å². The van der Waals surface area contributed by atoms with Crippen LogP contribution in [0.15, 0.2) is 30.3 Å².